The Morgan fingerprint density at radius 2 is 2.14 bits per heavy atom. The van der Waals surface area contributed by atoms with E-state index in [2.05, 4.69) is 20.0 Å². The summed E-state index contributed by atoms with van der Waals surface area (Å²) in [5.41, 5.74) is 0.861. The highest BCUT2D eigenvalue weighted by Gasteiger charge is 2.39. The quantitative estimate of drug-likeness (QED) is 0.549. The van der Waals surface area contributed by atoms with Crippen LogP contribution in [0.3, 0.4) is 0 Å². The number of thiophene rings is 1. The van der Waals surface area contributed by atoms with Gasteiger partial charge in [-0.05, 0) is 24.1 Å². The molecule has 0 unspecified atom stereocenters. The van der Waals surface area contributed by atoms with Crippen molar-refractivity contribution < 1.29 is 26.9 Å². The second-order valence-electron chi connectivity index (χ2n) is 6.17. The van der Waals surface area contributed by atoms with Gasteiger partial charge in [0.1, 0.15) is 5.82 Å². The van der Waals surface area contributed by atoms with Crippen molar-refractivity contribution in [1.29, 1.82) is 0 Å². The molecule has 0 radical (unpaired) electrons. The molecule has 0 aliphatic carbocycles. The van der Waals surface area contributed by atoms with Crippen LogP contribution in [-0.2, 0) is 19.1 Å². The van der Waals surface area contributed by atoms with Crippen LogP contribution in [0.2, 0.25) is 5.02 Å². The van der Waals surface area contributed by atoms with Gasteiger partial charge in [0.25, 0.3) is 0 Å². The molecule has 6 nitrogen and oxygen atoms in total. The third-order valence-electron chi connectivity index (χ3n) is 4.33. The zero-order chi connectivity index (χ0) is 20.8. The largest absolute Gasteiger partial charge is 0.471 e. The number of carbonyl (C=O) groups excluding carboxylic acids is 1. The van der Waals surface area contributed by atoms with Crippen molar-refractivity contribution in [3.05, 3.63) is 50.8 Å². The van der Waals surface area contributed by atoms with Crippen molar-refractivity contribution in [2.75, 3.05) is 11.9 Å². The fourth-order valence-corrected chi connectivity index (χ4v) is 4.17. The number of carbonyl (C=O) groups is 1. The van der Waals surface area contributed by atoms with E-state index in [1.54, 1.807) is 5.38 Å². The van der Waals surface area contributed by atoms with Crippen molar-refractivity contribution in [2.24, 2.45) is 0 Å². The Bertz CT molecular complexity index is 1060. The second-order valence-corrected chi connectivity index (χ2v) is 7.54. The molecule has 3 heterocycles. The third-order valence-corrected chi connectivity index (χ3v) is 5.73. The molecule has 0 saturated heterocycles. The molecule has 1 N–H and O–H groups in total. The number of rotatable bonds is 2. The van der Waals surface area contributed by atoms with E-state index in [1.165, 1.54) is 34.4 Å². The second kappa shape index (κ2) is 7.30. The van der Waals surface area contributed by atoms with Gasteiger partial charge in [-0.3, -0.25) is 0 Å². The Hall–Kier alpha value is -2.66. The molecule has 29 heavy (non-hydrogen) atoms. The van der Waals surface area contributed by atoms with E-state index in [-0.39, 0.29) is 23.1 Å². The molecule has 0 fully saturated rings. The summed E-state index contributed by atoms with van der Waals surface area (Å²) in [7, 11) is 0. The maximum atomic E-state index is 13.9. The predicted octanol–water partition coefficient (Wildman–Crippen LogP) is 5.20. The number of aromatic nitrogens is 2. The standard InChI is InChI=1S/C17H11ClF4N4O2S/c18-10-2-1-3-11(19)13(10)23-16(27)26-5-4-12-8(6-26)9(7-29-12)14-24-15(28-25-14)17(20,21)22/h1-3,7H,4-6H2,(H,23,27). The molecular weight excluding hydrogens is 436 g/mol. The first kappa shape index (κ1) is 19.6. The van der Waals surface area contributed by atoms with Gasteiger partial charge in [-0.1, -0.05) is 22.8 Å². The van der Waals surface area contributed by atoms with E-state index < -0.39 is 23.9 Å². The minimum absolute atomic E-state index is 0.0544. The Morgan fingerprint density at radius 1 is 1.34 bits per heavy atom. The van der Waals surface area contributed by atoms with Crippen LogP contribution in [0, 0.1) is 5.82 Å². The number of urea groups is 1. The number of para-hydroxylation sites is 1. The molecule has 0 saturated carbocycles. The molecule has 0 bridgehead atoms. The lowest BCUT2D eigenvalue weighted by molar-refractivity contribution is -0.159. The number of halogens is 5. The lowest BCUT2D eigenvalue weighted by Crippen LogP contribution is -2.38. The highest BCUT2D eigenvalue weighted by Crippen LogP contribution is 2.36. The number of amides is 2. The normalized spacial score (nSPS) is 14.0. The molecule has 0 atom stereocenters. The summed E-state index contributed by atoms with van der Waals surface area (Å²) in [4.78, 5) is 18.3. The van der Waals surface area contributed by atoms with Crippen molar-refractivity contribution >= 4 is 34.7 Å². The zero-order valence-electron chi connectivity index (χ0n) is 14.4. The van der Waals surface area contributed by atoms with Crippen molar-refractivity contribution in [3.8, 4) is 11.4 Å². The van der Waals surface area contributed by atoms with E-state index >= 15 is 0 Å². The minimum atomic E-state index is -4.74. The Kier molecular flexibility index (Phi) is 4.95. The van der Waals surface area contributed by atoms with Crippen LogP contribution >= 0.6 is 22.9 Å². The molecule has 12 heteroatoms. The summed E-state index contributed by atoms with van der Waals surface area (Å²) >= 11 is 7.27. The van der Waals surface area contributed by atoms with Crippen LogP contribution in [0.25, 0.3) is 11.4 Å². The number of hydrogen-bond donors (Lipinski definition) is 1. The van der Waals surface area contributed by atoms with Gasteiger partial charge < -0.3 is 14.7 Å². The topological polar surface area (TPSA) is 71.3 Å². The van der Waals surface area contributed by atoms with E-state index in [0.29, 0.717) is 24.1 Å². The molecule has 1 aromatic carbocycles. The van der Waals surface area contributed by atoms with Crippen LogP contribution in [0.4, 0.5) is 28.0 Å². The fourth-order valence-electron chi connectivity index (χ4n) is 2.92. The van der Waals surface area contributed by atoms with Crippen molar-refractivity contribution in [1.82, 2.24) is 15.0 Å². The van der Waals surface area contributed by atoms with Gasteiger partial charge in [0.05, 0.1) is 10.7 Å². The summed E-state index contributed by atoms with van der Waals surface area (Å²) in [5, 5.41) is 7.53. The fraction of sp³-hybridized carbons (Fsp3) is 0.235. The van der Waals surface area contributed by atoms with Crippen LogP contribution in [-0.4, -0.2) is 27.6 Å². The molecule has 3 aromatic rings. The van der Waals surface area contributed by atoms with Gasteiger partial charge >= 0.3 is 18.1 Å². The number of hydrogen-bond acceptors (Lipinski definition) is 5. The van der Waals surface area contributed by atoms with Gasteiger partial charge in [-0.25, -0.2) is 9.18 Å². The Balaban J connectivity index is 1.56. The third kappa shape index (κ3) is 3.79. The average molecular weight is 447 g/mol. The smallest absolute Gasteiger partial charge is 0.329 e. The van der Waals surface area contributed by atoms with E-state index in [4.69, 9.17) is 11.6 Å². The predicted molar refractivity (Wildman–Crippen MR) is 97.2 cm³/mol. The van der Waals surface area contributed by atoms with Crippen LogP contribution < -0.4 is 5.32 Å². The molecule has 1 aliphatic rings. The van der Waals surface area contributed by atoms with Gasteiger partial charge in [0.15, 0.2) is 0 Å². The Labute approximate surface area is 170 Å². The molecular formula is C17H11ClF4N4O2S. The summed E-state index contributed by atoms with van der Waals surface area (Å²) < 4.78 is 56.4. The van der Waals surface area contributed by atoms with E-state index in [9.17, 15) is 22.4 Å². The zero-order valence-corrected chi connectivity index (χ0v) is 16.0. The van der Waals surface area contributed by atoms with Crippen molar-refractivity contribution in [3.63, 3.8) is 0 Å². The van der Waals surface area contributed by atoms with Gasteiger partial charge in [0.2, 0.25) is 5.82 Å². The Morgan fingerprint density at radius 3 is 2.83 bits per heavy atom. The minimum Gasteiger partial charge on any atom is -0.329 e. The van der Waals surface area contributed by atoms with E-state index in [1.807, 2.05) is 0 Å². The summed E-state index contributed by atoms with van der Waals surface area (Å²) in [6.07, 6.45) is -4.26. The highest BCUT2D eigenvalue weighted by molar-refractivity contribution is 7.10. The average Bonchev–Trinajstić information content (AvgIpc) is 3.30. The first-order valence-electron chi connectivity index (χ1n) is 8.24. The number of benzene rings is 1. The SMILES string of the molecule is O=C(Nc1c(F)cccc1Cl)N1CCc2scc(-c3noc(C(F)(F)F)n3)c2C1. The maximum Gasteiger partial charge on any atom is 0.471 e. The van der Waals surface area contributed by atoms with E-state index in [0.717, 1.165) is 4.88 Å². The number of alkyl halides is 3. The maximum absolute atomic E-state index is 13.9. The van der Waals surface area contributed by atoms with Gasteiger partial charge in [-0.2, -0.15) is 18.2 Å². The molecule has 152 valence electrons. The molecule has 0 spiro atoms. The number of anilines is 1. The summed E-state index contributed by atoms with van der Waals surface area (Å²) in [5.74, 6) is -2.31. The van der Waals surface area contributed by atoms with Gasteiger partial charge in [0, 0.05) is 28.9 Å². The van der Waals surface area contributed by atoms with Crippen LogP contribution in [0.15, 0.2) is 28.1 Å². The highest BCUT2D eigenvalue weighted by atomic mass is 35.5. The summed E-state index contributed by atoms with van der Waals surface area (Å²) in [6.45, 7) is 0.451. The lowest BCUT2D eigenvalue weighted by Gasteiger charge is -2.28. The molecule has 1 aliphatic heterocycles. The molecule has 2 amide bonds. The lowest BCUT2D eigenvalue weighted by atomic mass is 10.0. The van der Waals surface area contributed by atoms with Crippen LogP contribution in [0.5, 0.6) is 0 Å². The number of nitrogens with one attached hydrogen (secondary N) is 1. The van der Waals surface area contributed by atoms with Crippen molar-refractivity contribution in [2.45, 2.75) is 19.1 Å². The monoisotopic (exact) mass is 446 g/mol. The number of nitrogens with zero attached hydrogens (tertiary/aromatic N) is 3. The summed E-state index contributed by atoms with van der Waals surface area (Å²) in [6, 6.07) is 3.45. The molecule has 4 rings (SSSR count). The van der Waals surface area contributed by atoms with Crippen LogP contribution in [0.1, 0.15) is 16.3 Å². The first-order chi connectivity index (χ1) is 13.7. The first-order valence-corrected chi connectivity index (χ1v) is 9.50. The van der Waals surface area contributed by atoms with Gasteiger partial charge in [-0.15, -0.1) is 11.3 Å². The molecule has 2 aromatic heterocycles. The number of fused-ring (bicyclic) bond motifs is 1.